The molecule has 1 aromatic carbocycles. The quantitative estimate of drug-likeness (QED) is 0.641. The van der Waals surface area contributed by atoms with Crippen molar-refractivity contribution in [3.8, 4) is 0 Å². The molecule has 1 aliphatic heterocycles. The number of nitro groups is 1. The van der Waals surface area contributed by atoms with E-state index in [4.69, 9.17) is 0 Å². The number of hydrogen-bond acceptors (Lipinski definition) is 4. The van der Waals surface area contributed by atoms with Gasteiger partial charge in [0.15, 0.2) is 0 Å². The first-order valence-corrected chi connectivity index (χ1v) is 7.13. The molecule has 0 radical (unpaired) electrons. The van der Waals surface area contributed by atoms with Gasteiger partial charge in [-0.15, -0.1) is 0 Å². The number of nitrogens with zero attached hydrogens (tertiary/aromatic N) is 1. The summed E-state index contributed by atoms with van der Waals surface area (Å²) in [5.74, 6) is -0.311. The van der Waals surface area contributed by atoms with Crippen LogP contribution in [0.1, 0.15) is 28.8 Å². The van der Waals surface area contributed by atoms with Crippen LogP contribution in [0.3, 0.4) is 0 Å². The molecule has 2 N–H and O–H groups in total. The third-order valence-electron chi connectivity index (χ3n) is 3.77. The highest BCUT2D eigenvalue weighted by atomic mass is 19.4. The third kappa shape index (κ3) is 4.41. The van der Waals surface area contributed by atoms with Crippen LogP contribution < -0.4 is 10.6 Å². The van der Waals surface area contributed by atoms with Gasteiger partial charge < -0.3 is 10.6 Å². The summed E-state index contributed by atoms with van der Waals surface area (Å²) in [4.78, 5) is 21.9. The zero-order valence-corrected chi connectivity index (χ0v) is 12.2. The summed E-state index contributed by atoms with van der Waals surface area (Å²) in [6, 6.07) is 1.89. The number of halogens is 3. The molecule has 0 aliphatic carbocycles. The molecule has 1 amide bonds. The first-order chi connectivity index (χ1) is 10.8. The summed E-state index contributed by atoms with van der Waals surface area (Å²) in [6.07, 6.45) is -2.99. The number of benzene rings is 1. The van der Waals surface area contributed by atoms with Crippen LogP contribution in [0, 0.1) is 16.0 Å². The van der Waals surface area contributed by atoms with Gasteiger partial charge in [-0.3, -0.25) is 14.9 Å². The van der Waals surface area contributed by atoms with E-state index in [0.717, 1.165) is 25.6 Å². The van der Waals surface area contributed by atoms with Crippen molar-refractivity contribution in [3.05, 3.63) is 39.4 Å². The lowest BCUT2D eigenvalue weighted by Gasteiger charge is -2.11. The molecule has 0 spiro atoms. The van der Waals surface area contributed by atoms with Gasteiger partial charge in [-0.05, 0) is 44.0 Å². The predicted molar refractivity (Wildman–Crippen MR) is 76.0 cm³/mol. The van der Waals surface area contributed by atoms with Crippen molar-refractivity contribution in [1.29, 1.82) is 0 Å². The molecule has 1 aliphatic rings. The van der Waals surface area contributed by atoms with Crippen molar-refractivity contribution >= 4 is 11.6 Å². The van der Waals surface area contributed by atoms with Crippen molar-refractivity contribution in [2.24, 2.45) is 5.92 Å². The van der Waals surface area contributed by atoms with Crippen LogP contribution >= 0.6 is 0 Å². The van der Waals surface area contributed by atoms with Gasteiger partial charge in [-0.25, -0.2) is 0 Å². The minimum Gasteiger partial charge on any atom is -0.352 e. The molecule has 6 nitrogen and oxygen atoms in total. The minimum absolute atomic E-state index is 0.323. The van der Waals surface area contributed by atoms with Crippen LogP contribution in [-0.4, -0.2) is 30.5 Å². The van der Waals surface area contributed by atoms with Gasteiger partial charge in [0.25, 0.3) is 11.6 Å². The maximum absolute atomic E-state index is 12.6. The van der Waals surface area contributed by atoms with Crippen LogP contribution in [0.5, 0.6) is 0 Å². The van der Waals surface area contributed by atoms with E-state index in [9.17, 15) is 28.1 Å². The lowest BCUT2D eigenvalue weighted by atomic mass is 10.0. The molecule has 0 bridgehead atoms. The molecule has 1 aromatic rings. The Morgan fingerprint density at radius 3 is 2.74 bits per heavy atom. The summed E-state index contributed by atoms with van der Waals surface area (Å²) < 4.78 is 37.8. The Balaban J connectivity index is 2.07. The second-order valence-electron chi connectivity index (χ2n) is 5.39. The van der Waals surface area contributed by atoms with Crippen molar-refractivity contribution in [2.75, 3.05) is 19.6 Å². The molecule has 1 atom stereocenters. The first kappa shape index (κ1) is 17.2. The van der Waals surface area contributed by atoms with Crippen LogP contribution in [0.4, 0.5) is 18.9 Å². The Morgan fingerprint density at radius 2 is 2.17 bits per heavy atom. The third-order valence-corrected chi connectivity index (χ3v) is 3.77. The lowest BCUT2D eigenvalue weighted by molar-refractivity contribution is -0.385. The zero-order chi connectivity index (χ0) is 17.0. The topological polar surface area (TPSA) is 84.3 Å². The molecule has 2 rings (SSSR count). The summed E-state index contributed by atoms with van der Waals surface area (Å²) >= 11 is 0. The van der Waals surface area contributed by atoms with Crippen LogP contribution in [0.25, 0.3) is 0 Å². The lowest BCUT2D eigenvalue weighted by Crippen LogP contribution is -2.27. The second kappa shape index (κ2) is 6.95. The number of nitro benzene ring substituents is 1. The number of carbonyl (C=O) groups is 1. The number of carbonyl (C=O) groups excluding carboxylic acids is 1. The standard InChI is InChI=1S/C14H16F3N3O3/c15-14(16,17)10-1-2-11(12(7-10)20(22)23)13(21)19-6-4-9-3-5-18-8-9/h1-2,7,9,18H,3-6,8H2,(H,19,21). The molecular weight excluding hydrogens is 315 g/mol. The smallest absolute Gasteiger partial charge is 0.352 e. The van der Waals surface area contributed by atoms with Crippen molar-refractivity contribution in [3.63, 3.8) is 0 Å². The zero-order valence-electron chi connectivity index (χ0n) is 12.2. The average molecular weight is 331 g/mol. The number of hydrogen-bond donors (Lipinski definition) is 2. The second-order valence-corrected chi connectivity index (χ2v) is 5.39. The first-order valence-electron chi connectivity index (χ1n) is 7.13. The Labute approximate surface area is 130 Å². The fourth-order valence-corrected chi connectivity index (χ4v) is 2.50. The average Bonchev–Trinajstić information content (AvgIpc) is 2.98. The molecule has 9 heteroatoms. The van der Waals surface area contributed by atoms with Crippen molar-refractivity contribution in [1.82, 2.24) is 10.6 Å². The largest absolute Gasteiger partial charge is 0.416 e. The highest BCUT2D eigenvalue weighted by molar-refractivity contribution is 5.98. The van der Waals surface area contributed by atoms with Gasteiger partial charge in [-0.2, -0.15) is 13.2 Å². The molecule has 1 heterocycles. The summed E-state index contributed by atoms with van der Waals surface area (Å²) in [6.45, 7) is 2.10. The Morgan fingerprint density at radius 1 is 1.43 bits per heavy atom. The fraction of sp³-hybridized carbons (Fsp3) is 0.500. The summed E-state index contributed by atoms with van der Waals surface area (Å²) in [5, 5.41) is 16.6. The van der Waals surface area contributed by atoms with Crippen molar-refractivity contribution < 1.29 is 22.9 Å². The molecule has 126 valence electrons. The van der Waals surface area contributed by atoms with Gasteiger partial charge in [0.2, 0.25) is 0 Å². The maximum atomic E-state index is 12.6. The van der Waals surface area contributed by atoms with E-state index in [-0.39, 0.29) is 5.56 Å². The van der Waals surface area contributed by atoms with E-state index in [1.54, 1.807) is 0 Å². The number of alkyl halides is 3. The Hall–Kier alpha value is -2.16. The molecule has 1 saturated heterocycles. The number of rotatable bonds is 5. The van der Waals surface area contributed by atoms with Gasteiger partial charge in [0, 0.05) is 12.6 Å². The maximum Gasteiger partial charge on any atom is 0.416 e. The minimum atomic E-state index is -4.70. The normalized spacial score (nSPS) is 18.0. The molecule has 1 fully saturated rings. The molecule has 23 heavy (non-hydrogen) atoms. The fourth-order valence-electron chi connectivity index (χ4n) is 2.50. The molecule has 0 saturated carbocycles. The molecular formula is C14H16F3N3O3. The van der Waals surface area contributed by atoms with E-state index < -0.39 is 28.3 Å². The van der Waals surface area contributed by atoms with E-state index in [1.807, 2.05) is 0 Å². The van der Waals surface area contributed by atoms with E-state index >= 15 is 0 Å². The van der Waals surface area contributed by atoms with E-state index in [2.05, 4.69) is 10.6 Å². The Bertz CT molecular complexity index is 599. The summed E-state index contributed by atoms with van der Waals surface area (Å²) in [7, 11) is 0. The van der Waals surface area contributed by atoms with Gasteiger partial charge in [-0.1, -0.05) is 0 Å². The SMILES string of the molecule is O=C(NCCC1CCNC1)c1ccc(C(F)(F)F)cc1[N+](=O)[O-]. The molecule has 0 aromatic heterocycles. The van der Waals surface area contributed by atoms with Crippen molar-refractivity contribution in [2.45, 2.75) is 19.0 Å². The van der Waals surface area contributed by atoms with Crippen LogP contribution in [-0.2, 0) is 6.18 Å². The molecule has 1 unspecified atom stereocenters. The van der Waals surface area contributed by atoms with Crippen LogP contribution in [0.15, 0.2) is 18.2 Å². The predicted octanol–water partition coefficient (Wildman–Crippen LogP) is 2.34. The van der Waals surface area contributed by atoms with Gasteiger partial charge in [0.05, 0.1) is 10.5 Å². The number of nitrogens with one attached hydrogen (secondary N) is 2. The highest BCUT2D eigenvalue weighted by Gasteiger charge is 2.34. The van der Waals surface area contributed by atoms with E-state index in [0.29, 0.717) is 31.0 Å². The van der Waals surface area contributed by atoms with Crippen LogP contribution in [0.2, 0.25) is 0 Å². The Kier molecular flexibility index (Phi) is 5.19. The number of amides is 1. The summed E-state index contributed by atoms with van der Waals surface area (Å²) in [5.41, 5.74) is -2.37. The van der Waals surface area contributed by atoms with Gasteiger partial charge >= 0.3 is 6.18 Å². The highest BCUT2D eigenvalue weighted by Crippen LogP contribution is 2.33. The van der Waals surface area contributed by atoms with Gasteiger partial charge in [0.1, 0.15) is 5.56 Å². The monoisotopic (exact) mass is 331 g/mol. The van der Waals surface area contributed by atoms with E-state index in [1.165, 1.54) is 0 Å².